The van der Waals surface area contributed by atoms with E-state index in [0.29, 0.717) is 59.6 Å². The number of rotatable bonds is 9. The lowest BCUT2D eigenvalue weighted by Gasteiger charge is -2.42. The topological polar surface area (TPSA) is 83.1 Å². The zero-order valence-corrected chi connectivity index (χ0v) is 25.9. The summed E-state index contributed by atoms with van der Waals surface area (Å²) < 4.78 is 43.4. The van der Waals surface area contributed by atoms with Gasteiger partial charge >= 0.3 is 0 Å². The number of halogens is 1. The summed E-state index contributed by atoms with van der Waals surface area (Å²) in [6, 6.07) is 11.5. The molecule has 0 bridgehead atoms. The molecule has 3 unspecified atom stereocenters. The van der Waals surface area contributed by atoms with Crippen molar-refractivity contribution in [1.82, 2.24) is 19.8 Å². The summed E-state index contributed by atoms with van der Waals surface area (Å²) in [6.45, 7) is 13.6. The number of pyridine rings is 2. The van der Waals surface area contributed by atoms with Crippen LogP contribution in [0.1, 0.15) is 33.3 Å². The maximum atomic E-state index is 15.4. The van der Waals surface area contributed by atoms with E-state index in [9.17, 15) is 4.21 Å². The summed E-state index contributed by atoms with van der Waals surface area (Å²) in [5.41, 5.74) is 3.20. The van der Waals surface area contributed by atoms with Gasteiger partial charge in [-0.2, -0.15) is 0 Å². The van der Waals surface area contributed by atoms with Crippen LogP contribution in [0.4, 0.5) is 15.8 Å². The molecule has 4 heterocycles. The van der Waals surface area contributed by atoms with Crippen LogP contribution in [0, 0.1) is 5.82 Å². The van der Waals surface area contributed by atoms with Gasteiger partial charge in [-0.1, -0.05) is 6.07 Å². The first-order valence-corrected chi connectivity index (χ1v) is 15.7. The minimum Gasteiger partial charge on any atom is -0.474 e. The number of piperazine rings is 1. The Morgan fingerprint density at radius 2 is 1.83 bits per heavy atom. The Morgan fingerprint density at radius 1 is 1.10 bits per heavy atom. The lowest BCUT2D eigenvalue weighted by Crippen LogP contribution is -2.54. The number of morpholine rings is 1. The van der Waals surface area contributed by atoms with Crippen LogP contribution in [0.25, 0.3) is 11.3 Å². The van der Waals surface area contributed by atoms with E-state index >= 15 is 4.39 Å². The molecule has 42 heavy (non-hydrogen) atoms. The van der Waals surface area contributed by atoms with Crippen molar-refractivity contribution < 1.29 is 18.1 Å². The number of aromatic nitrogens is 2. The van der Waals surface area contributed by atoms with Gasteiger partial charge in [0, 0.05) is 56.6 Å². The maximum absolute atomic E-state index is 15.4. The Balaban J connectivity index is 1.32. The zero-order chi connectivity index (χ0) is 29.8. The van der Waals surface area contributed by atoms with Gasteiger partial charge in [0.1, 0.15) is 10.7 Å². The summed E-state index contributed by atoms with van der Waals surface area (Å²) in [5.74, 6) is -0.0172. The maximum Gasteiger partial charge on any atom is 0.232 e. The minimum absolute atomic E-state index is 0.135. The second-order valence-electron chi connectivity index (χ2n) is 11.4. The number of hydrogen-bond acceptors (Lipinski definition) is 8. The van der Waals surface area contributed by atoms with Gasteiger partial charge in [-0.15, -0.1) is 0 Å². The molecule has 0 radical (unpaired) electrons. The largest absolute Gasteiger partial charge is 0.474 e. The molecule has 2 aliphatic rings. The quantitative estimate of drug-likeness (QED) is 0.385. The number of ether oxygens (including phenoxy) is 2. The fourth-order valence-corrected chi connectivity index (χ4v) is 6.37. The van der Waals surface area contributed by atoms with E-state index in [1.807, 2.05) is 26.0 Å². The summed E-state index contributed by atoms with van der Waals surface area (Å²) in [4.78, 5) is 16.2. The average molecular weight is 597 g/mol. The molecule has 0 spiro atoms. The monoisotopic (exact) mass is 596 g/mol. The van der Waals surface area contributed by atoms with Crippen molar-refractivity contribution in [3.05, 3.63) is 60.2 Å². The van der Waals surface area contributed by atoms with Gasteiger partial charge in [-0.3, -0.25) is 14.8 Å². The predicted octanol–water partition coefficient (Wildman–Crippen LogP) is 4.57. The molecule has 2 aromatic heterocycles. The third kappa shape index (κ3) is 7.26. The highest BCUT2D eigenvalue weighted by Gasteiger charge is 2.26. The van der Waals surface area contributed by atoms with E-state index in [0.717, 1.165) is 37.4 Å². The van der Waals surface area contributed by atoms with Crippen molar-refractivity contribution in [1.29, 1.82) is 0 Å². The molecule has 226 valence electrons. The van der Waals surface area contributed by atoms with E-state index in [2.05, 4.69) is 50.3 Å². The summed E-state index contributed by atoms with van der Waals surface area (Å²) in [7, 11) is 0.468. The first-order chi connectivity index (χ1) is 20.2. The van der Waals surface area contributed by atoms with Crippen molar-refractivity contribution in [2.24, 2.45) is 0 Å². The molecule has 0 aliphatic carbocycles. The molecule has 11 heteroatoms. The average Bonchev–Trinajstić information content (AvgIpc) is 2.96. The molecule has 3 atom stereocenters. The van der Waals surface area contributed by atoms with Crippen LogP contribution in [0.2, 0.25) is 0 Å². The SMILES string of the molecule is CC(C)Oc1ncc(N2CCOCC2)cc1S(=O)Nc1ccnc(-c2ccc(CN3CC(C)N(C)C(C)C3)cc2F)c1. The first kappa shape index (κ1) is 30.3. The number of likely N-dealkylation sites (N-methyl/N-ethyl adjacent to an activating group) is 1. The van der Waals surface area contributed by atoms with Crippen molar-refractivity contribution in [3.63, 3.8) is 0 Å². The first-order valence-electron chi connectivity index (χ1n) is 14.5. The third-order valence-electron chi connectivity index (χ3n) is 7.85. The Labute approximate surface area is 250 Å². The molecule has 2 saturated heterocycles. The zero-order valence-electron chi connectivity index (χ0n) is 25.0. The second-order valence-corrected chi connectivity index (χ2v) is 12.6. The molecule has 5 rings (SSSR count). The molecule has 9 nitrogen and oxygen atoms in total. The highest BCUT2D eigenvalue weighted by Crippen LogP contribution is 2.29. The predicted molar refractivity (Wildman–Crippen MR) is 165 cm³/mol. The number of nitrogens with one attached hydrogen (secondary N) is 1. The molecule has 2 fully saturated rings. The standard InChI is InChI=1S/C31H41FN6O3S/c1-21(2)41-31-30(16-26(17-34-31)38-10-12-40-13-11-38)42(39)35-25-8-9-33-29(15-25)27-7-6-24(14-28(27)32)20-37-18-22(3)36(5)23(4)19-37/h6-9,14-17,21-23H,10-13,18-20H2,1-5H3,(H,33,35). The molecule has 1 N–H and O–H groups in total. The molecule has 0 amide bonds. The molecule has 2 aliphatic heterocycles. The van der Waals surface area contributed by atoms with Crippen LogP contribution in [-0.4, -0.2) is 88.6 Å². The minimum atomic E-state index is -1.69. The summed E-state index contributed by atoms with van der Waals surface area (Å²) >= 11 is 0. The number of anilines is 2. The Kier molecular flexibility index (Phi) is 9.72. The Bertz CT molecular complexity index is 1390. The molecule has 1 aromatic carbocycles. The Hall–Kier alpha value is -3.12. The number of benzene rings is 1. The van der Waals surface area contributed by atoms with Gasteiger partial charge in [-0.25, -0.2) is 13.6 Å². The van der Waals surface area contributed by atoms with Gasteiger partial charge in [0.15, 0.2) is 11.0 Å². The van der Waals surface area contributed by atoms with Gasteiger partial charge in [0.05, 0.1) is 42.6 Å². The van der Waals surface area contributed by atoms with E-state index in [1.165, 1.54) is 0 Å². The normalized spacial score (nSPS) is 21.0. The van der Waals surface area contributed by atoms with Crippen LogP contribution in [0.15, 0.2) is 53.7 Å². The lowest BCUT2D eigenvalue weighted by molar-refractivity contribution is 0.0556. The van der Waals surface area contributed by atoms with Gasteiger partial charge in [0.25, 0.3) is 0 Å². The Morgan fingerprint density at radius 3 is 2.52 bits per heavy atom. The van der Waals surface area contributed by atoms with E-state index in [4.69, 9.17) is 9.47 Å². The van der Waals surface area contributed by atoms with Crippen LogP contribution < -0.4 is 14.4 Å². The summed E-state index contributed by atoms with van der Waals surface area (Å²) in [6.07, 6.45) is 3.19. The van der Waals surface area contributed by atoms with E-state index < -0.39 is 11.0 Å². The van der Waals surface area contributed by atoms with Crippen LogP contribution in [0.5, 0.6) is 5.88 Å². The van der Waals surface area contributed by atoms with Crippen LogP contribution in [-0.2, 0) is 22.3 Å². The molecule has 3 aromatic rings. The summed E-state index contributed by atoms with van der Waals surface area (Å²) in [5, 5.41) is 0. The second kappa shape index (κ2) is 13.5. The van der Waals surface area contributed by atoms with Crippen molar-refractivity contribution in [2.75, 3.05) is 56.1 Å². The van der Waals surface area contributed by atoms with Crippen LogP contribution in [0.3, 0.4) is 0 Å². The van der Waals surface area contributed by atoms with Crippen molar-refractivity contribution in [2.45, 2.75) is 57.3 Å². The fraction of sp³-hybridized carbons (Fsp3) is 0.484. The van der Waals surface area contributed by atoms with Gasteiger partial charge in [0.2, 0.25) is 5.88 Å². The van der Waals surface area contributed by atoms with Crippen molar-refractivity contribution in [3.8, 4) is 17.1 Å². The van der Waals surface area contributed by atoms with E-state index in [1.54, 1.807) is 36.7 Å². The highest BCUT2D eigenvalue weighted by molar-refractivity contribution is 7.86. The molecular formula is C31H41FN6O3S. The fourth-order valence-electron chi connectivity index (χ4n) is 5.43. The molecular weight excluding hydrogens is 555 g/mol. The van der Waals surface area contributed by atoms with Crippen molar-refractivity contribution >= 4 is 22.4 Å². The smallest absolute Gasteiger partial charge is 0.232 e. The molecule has 0 saturated carbocycles. The third-order valence-corrected chi connectivity index (χ3v) is 8.96. The van der Waals surface area contributed by atoms with Gasteiger partial charge < -0.3 is 19.1 Å². The van der Waals surface area contributed by atoms with E-state index in [-0.39, 0.29) is 11.9 Å². The van der Waals surface area contributed by atoms with Gasteiger partial charge in [-0.05, 0) is 70.6 Å². The number of hydrogen-bond donors (Lipinski definition) is 1. The highest BCUT2D eigenvalue weighted by atomic mass is 32.2. The number of nitrogens with zero attached hydrogens (tertiary/aromatic N) is 5. The lowest BCUT2D eigenvalue weighted by atomic mass is 10.0. The van der Waals surface area contributed by atoms with Crippen LogP contribution >= 0.6 is 0 Å².